The van der Waals surface area contributed by atoms with Crippen molar-refractivity contribution in [2.24, 2.45) is 16.9 Å². The van der Waals surface area contributed by atoms with Crippen LogP contribution in [0.2, 0.25) is 0 Å². The Labute approximate surface area is 133 Å². The molecule has 1 aliphatic carbocycles. The standard InChI is InChI=1S/C17H24N2O2S/c1-12(2)17-15-6-4-5-7-16(15)18-19(17)22(20,21)14-10-8-13(3)9-11-14/h8-12,15,17H,4-7H2,1-3H3/t15-,17+/m1/s1. The van der Waals surface area contributed by atoms with Gasteiger partial charge in [0.25, 0.3) is 10.0 Å². The zero-order valence-corrected chi connectivity index (χ0v) is 14.3. The average Bonchev–Trinajstić information content (AvgIpc) is 2.88. The Kier molecular flexibility index (Phi) is 4.02. The highest BCUT2D eigenvalue weighted by Gasteiger charge is 2.45. The van der Waals surface area contributed by atoms with Crippen molar-refractivity contribution in [2.75, 3.05) is 0 Å². The Morgan fingerprint density at radius 2 is 1.86 bits per heavy atom. The monoisotopic (exact) mass is 320 g/mol. The number of hydrazone groups is 1. The Morgan fingerprint density at radius 1 is 1.18 bits per heavy atom. The summed E-state index contributed by atoms with van der Waals surface area (Å²) in [4.78, 5) is 0.340. The molecule has 120 valence electrons. The van der Waals surface area contributed by atoms with Crippen LogP contribution < -0.4 is 0 Å². The van der Waals surface area contributed by atoms with Gasteiger partial charge in [-0.15, -0.1) is 0 Å². The summed E-state index contributed by atoms with van der Waals surface area (Å²) in [5.74, 6) is 0.554. The molecule has 1 saturated carbocycles. The van der Waals surface area contributed by atoms with E-state index in [1.165, 1.54) is 10.8 Å². The highest BCUT2D eigenvalue weighted by atomic mass is 32.2. The molecule has 1 aromatic carbocycles. The Morgan fingerprint density at radius 3 is 2.50 bits per heavy atom. The minimum Gasteiger partial charge on any atom is -0.200 e. The Balaban J connectivity index is 2.01. The van der Waals surface area contributed by atoms with Crippen LogP contribution in [0.4, 0.5) is 0 Å². The lowest BCUT2D eigenvalue weighted by Gasteiger charge is -2.31. The summed E-state index contributed by atoms with van der Waals surface area (Å²) in [5.41, 5.74) is 2.14. The number of hydrogen-bond donors (Lipinski definition) is 0. The van der Waals surface area contributed by atoms with Crippen LogP contribution in [0, 0.1) is 18.8 Å². The smallest absolute Gasteiger partial charge is 0.200 e. The van der Waals surface area contributed by atoms with Crippen molar-refractivity contribution in [3.63, 3.8) is 0 Å². The molecule has 0 bridgehead atoms. The van der Waals surface area contributed by atoms with Gasteiger partial charge in [-0.1, -0.05) is 38.0 Å². The van der Waals surface area contributed by atoms with Crippen LogP contribution in [0.1, 0.15) is 45.1 Å². The van der Waals surface area contributed by atoms with Gasteiger partial charge in [0.1, 0.15) is 0 Å². The van der Waals surface area contributed by atoms with E-state index in [2.05, 4.69) is 18.9 Å². The van der Waals surface area contributed by atoms with Crippen LogP contribution in [0.5, 0.6) is 0 Å². The maximum Gasteiger partial charge on any atom is 0.279 e. The number of hydrogen-bond acceptors (Lipinski definition) is 3. The van der Waals surface area contributed by atoms with E-state index < -0.39 is 10.0 Å². The lowest BCUT2D eigenvalue weighted by atomic mass is 9.79. The summed E-state index contributed by atoms with van der Waals surface area (Å²) in [5, 5.41) is 4.55. The van der Waals surface area contributed by atoms with Crippen molar-refractivity contribution >= 4 is 15.7 Å². The molecule has 2 aliphatic rings. The molecule has 1 aromatic rings. The maximum absolute atomic E-state index is 13.0. The molecular weight excluding hydrogens is 296 g/mol. The first-order valence-corrected chi connectivity index (χ1v) is 9.54. The van der Waals surface area contributed by atoms with Crippen molar-refractivity contribution in [2.45, 2.75) is 57.4 Å². The molecule has 0 spiro atoms. The molecule has 0 unspecified atom stereocenters. The second-order valence-electron chi connectivity index (χ2n) is 6.77. The van der Waals surface area contributed by atoms with E-state index in [1.54, 1.807) is 12.1 Å². The van der Waals surface area contributed by atoms with Crippen LogP contribution >= 0.6 is 0 Å². The van der Waals surface area contributed by atoms with Crippen LogP contribution in [-0.4, -0.2) is 24.6 Å². The molecule has 0 N–H and O–H groups in total. The number of sulfonamides is 1. The fraction of sp³-hybridized carbons (Fsp3) is 0.588. The number of benzene rings is 1. The van der Waals surface area contributed by atoms with E-state index >= 15 is 0 Å². The number of aryl methyl sites for hydroxylation is 1. The molecule has 1 aliphatic heterocycles. The minimum atomic E-state index is -3.56. The van der Waals surface area contributed by atoms with Crippen molar-refractivity contribution in [1.82, 2.24) is 4.41 Å². The zero-order valence-electron chi connectivity index (χ0n) is 13.5. The summed E-state index contributed by atoms with van der Waals surface area (Å²) in [7, 11) is -3.56. The van der Waals surface area contributed by atoms with Crippen LogP contribution in [-0.2, 0) is 10.0 Å². The summed E-state index contributed by atoms with van der Waals surface area (Å²) >= 11 is 0. The van der Waals surface area contributed by atoms with E-state index in [0.717, 1.165) is 30.5 Å². The molecular formula is C17H24N2O2S. The minimum absolute atomic E-state index is 0.0402. The molecule has 1 fully saturated rings. The molecule has 3 rings (SSSR count). The highest BCUT2D eigenvalue weighted by Crippen LogP contribution is 2.39. The van der Waals surface area contributed by atoms with Gasteiger partial charge in [0, 0.05) is 11.6 Å². The molecule has 2 atom stereocenters. The van der Waals surface area contributed by atoms with Gasteiger partial charge in [-0.3, -0.25) is 0 Å². The van der Waals surface area contributed by atoms with Gasteiger partial charge in [-0.25, -0.2) is 0 Å². The first-order valence-electron chi connectivity index (χ1n) is 8.10. The van der Waals surface area contributed by atoms with Gasteiger partial charge < -0.3 is 0 Å². The van der Waals surface area contributed by atoms with Crippen molar-refractivity contribution in [1.29, 1.82) is 0 Å². The Bertz CT molecular complexity index is 677. The predicted octanol–water partition coefficient (Wildman–Crippen LogP) is 3.57. The third-order valence-corrected chi connectivity index (χ3v) is 6.45. The normalized spacial score (nSPS) is 25.3. The summed E-state index contributed by atoms with van der Waals surface area (Å²) < 4.78 is 27.5. The van der Waals surface area contributed by atoms with Crippen molar-refractivity contribution < 1.29 is 8.42 Å². The largest absolute Gasteiger partial charge is 0.279 e. The first kappa shape index (κ1) is 15.5. The number of rotatable bonds is 3. The van der Waals surface area contributed by atoms with E-state index in [4.69, 9.17) is 0 Å². The van der Waals surface area contributed by atoms with E-state index in [-0.39, 0.29) is 12.0 Å². The lowest BCUT2D eigenvalue weighted by Crippen LogP contribution is -2.41. The second kappa shape index (κ2) is 5.69. The number of fused-ring (bicyclic) bond motifs is 1. The molecule has 1 heterocycles. The van der Waals surface area contributed by atoms with E-state index in [0.29, 0.717) is 10.8 Å². The van der Waals surface area contributed by atoms with Crippen LogP contribution in [0.3, 0.4) is 0 Å². The summed E-state index contributed by atoms with van der Waals surface area (Å²) in [6.07, 6.45) is 4.29. The van der Waals surface area contributed by atoms with Gasteiger partial charge in [0.2, 0.25) is 0 Å². The molecule has 0 amide bonds. The van der Waals surface area contributed by atoms with Crippen molar-refractivity contribution in [3.05, 3.63) is 29.8 Å². The van der Waals surface area contributed by atoms with Gasteiger partial charge in [-0.05, 0) is 44.2 Å². The fourth-order valence-electron chi connectivity index (χ4n) is 3.61. The molecule has 0 radical (unpaired) electrons. The molecule has 0 aromatic heterocycles. The van der Waals surface area contributed by atoms with E-state index in [1.807, 2.05) is 19.1 Å². The third-order valence-electron chi connectivity index (χ3n) is 4.77. The SMILES string of the molecule is Cc1ccc(S(=O)(=O)N2N=C3CCCC[C@H]3[C@@H]2C(C)C)cc1. The van der Waals surface area contributed by atoms with Gasteiger partial charge in [0.15, 0.2) is 0 Å². The Hall–Kier alpha value is -1.36. The van der Waals surface area contributed by atoms with Crippen molar-refractivity contribution in [3.8, 4) is 0 Å². The first-order chi connectivity index (χ1) is 10.4. The maximum atomic E-state index is 13.0. The molecule has 22 heavy (non-hydrogen) atoms. The molecule has 0 saturated heterocycles. The zero-order chi connectivity index (χ0) is 15.9. The topological polar surface area (TPSA) is 49.7 Å². The van der Waals surface area contributed by atoms with Gasteiger partial charge >= 0.3 is 0 Å². The highest BCUT2D eigenvalue weighted by molar-refractivity contribution is 7.89. The fourth-order valence-corrected chi connectivity index (χ4v) is 5.23. The summed E-state index contributed by atoms with van der Waals surface area (Å²) in [6.45, 7) is 6.14. The predicted molar refractivity (Wildman–Crippen MR) is 88.2 cm³/mol. The average molecular weight is 320 g/mol. The quantitative estimate of drug-likeness (QED) is 0.855. The van der Waals surface area contributed by atoms with Gasteiger partial charge in [-0.2, -0.15) is 17.9 Å². The molecule has 4 nitrogen and oxygen atoms in total. The lowest BCUT2D eigenvalue weighted by molar-refractivity contribution is 0.239. The second-order valence-corrected chi connectivity index (χ2v) is 8.56. The number of nitrogens with zero attached hydrogens (tertiary/aromatic N) is 2. The third kappa shape index (κ3) is 2.56. The summed E-state index contributed by atoms with van der Waals surface area (Å²) in [6, 6.07) is 7.01. The molecule has 5 heteroatoms. The van der Waals surface area contributed by atoms with E-state index in [9.17, 15) is 8.42 Å². The van der Waals surface area contributed by atoms with Gasteiger partial charge in [0.05, 0.1) is 10.9 Å². The van der Waals surface area contributed by atoms with Crippen LogP contribution in [0.25, 0.3) is 0 Å². The van der Waals surface area contributed by atoms with Crippen LogP contribution in [0.15, 0.2) is 34.3 Å².